The van der Waals surface area contributed by atoms with Crippen LogP contribution in [0.5, 0.6) is 0 Å². The smallest absolute Gasteiger partial charge is 0.305 e. The van der Waals surface area contributed by atoms with Gasteiger partial charge in [0, 0.05) is 6.42 Å². The number of carbonyl (C=O) groups excluding carboxylic acids is 1. The first-order chi connectivity index (χ1) is 11.2. The normalized spacial score (nSPS) is 9.65. The van der Waals surface area contributed by atoms with Gasteiger partial charge in [-0.25, -0.2) is 0 Å². The molecule has 0 aliphatic carbocycles. The molecule has 0 saturated heterocycles. The van der Waals surface area contributed by atoms with Crippen LogP contribution < -0.4 is 0 Å². The summed E-state index contributed by atoms with van der Waals surface area (Å²) in [5, 5.41) is 0. The minimum absolute atomic E-state index is 0.0916. The summed E-state index contributed by atoms with van der Waals surface area (Å²) < 4.78 is 4.54. The van der Waals surface area contributed by atoms with Gasteiger partial charge < -0.3 is 4.74 Å². The highest BCUT2D eigenvalue weighted by atomic mass is 16.5. The van der Waals surface area contributed by atoms with E-state index in [4.69, 9.17) is 0 Å². The Hall–Kier alpha value is -1.05. The van der Waals surface area contributed by atoms with Gasteiger partial charge in [-0.2, -0.15) is 0 Å². The van der Waals surface area contributed by atoms with Crippen LogP contribution in [0.3, 0.4) is 0 Å². The molecule has 2 heteroatoms. The van der Waals surface area contributed by atoms with E-state index in [2.05, 4.69) is 24.8 Å². The molecule has 0 spiro atoms. The van der Waals surface area contributed by atoms with Crippen LogP contribution in [0.2, 0.25) is 0 Å². The molecule has 0 rings (SSSR count). The molecule has 0 radical (unpaired) electrons. The Kier molecular flexibility index (Phi) is 24.4. The number of ether oxygens (including phenoxy) is 1. The fraction of sp³-hybridized carbons (Fsp3) is 0.762. The second kappa shape index (κ2) is 23.2. The third-order valence-electron chi connectivity index (χ3n) is 3.78. The van der Waals surface area contributed by atoms with Crippen LogP contribution in [0.25, 0.3) is 0 Å². The van der Waals surface area contributed by atoms with E-state index in [1.54, 1.807) is 0 Å². The fourth-order valence-electron chi connectivity index (χ4n) is 2.26. The number of hydrogen-bond acceptors (Lipinski definition) is 2. The lowest BCUT2D eigenvalue weighted by molar-refractivity contribution is -0.140. The van der Waals surface area contributed by atoms with Crippen molar-refractivity contribution in [3.05, 3.63) is 25.3 Å². The van der Waals surface area contributed by atoms with Gasteiger partial charge in [-0.3, -0.25) is 4.79 Å². The second-order valence-electron chi connectivity index (χ2n) is 6.02. The monoisotopic (exact) mass is 324 g/mol. The molecule has 0 aromatic heterocycles. The minimum Gasteiger partial charge on any atom is -0.469 e. The largest absolute Gasteiger partial charge is 0.469 e. The Bertz CT molecular complexity index is 259. The van der Waals surface area contributed by atoms with Crippen molar-refractivity contribution in [3.63, 3.8) is 0 Å². The summed E-state index contributed by atoms with van der Waals surface area (Å²) in [7, 11) is 1.44. The van der Waals surface area contributed by atoms with Crippen LogP contribution in [-0.2, 0) is 9.53 Å². The van der Waals surface area contributed by atoms with Gasteiger partial charge in [-0.15, -0.1) is 13.2 Å². The Morgan fingerprint density at radius 2 is 1.22 bits per heavy atom. The van der Waals surface area contributed by atoms with E-state index in [0.717, 1.165) is 19.3 Å². The van der Waals surface area contributed by atoms with Gasteiger partial charge in [-0.1, -0.05) is 70.4 Å². The summed E-state index contributed by atoms with van der Waals surface area (Å²) in [6.07, 6.45) is 21.0. The van der Waals surface area contributed by atoms with Crippen LogP contribution in [0, 0.1) is 0 Å². The van der Waals surface area contributed by atoms with E-state index in [0.29, 0.717) is 6.42 Å². The molecule has 0 atom stereocenters. The van der Waals surface area contributed by atoms with Gasteiger partial charge in [0.1, 0.15) is 0 Å². The standard InChI is InChI=1S/C11H20O2.C10H20/c1-3-4-5-6-7-8-9-10-11(12)13-2;1-3-5-7-9-10-8-6-4-2/h3H,1,4-10H2,2H3;3H,1,4-10H2,2H3. The van der Waals surface area contributed by atoms with Crippen LogP contribution in [0.4, 0.5) is 0 Å². The first-order valence-corrected chi connectivity index (χ1v) is 9.51. The van der Waals surface area contributed by atoms with Crippen molar-refractivity contribution >= 4 is 5.97 Å². The van der Waals surface area contributed by atoms with Gasteiger partial charge >= 0.3 is 5.97 Å². The Labute approximate surface area is 145 Å². The number of methoxy groups -OCH3 is 1. The Balaban J connectivity index is 0. The Morgan fingerprint density at radius 1 is 0.783 bits per heavy atom. The molecule has 0 fully saturated rings. The summed E-state index contributed by atoms with van der Waals surface area (Å²) in [6, 6.07) is 0. The highest BCUT2D eigenvalue weighted by Gasteiger charge is 1.98. The van der Waals surface area contributed by atoms with Gasteiger partial charge in [0.05, 0.1) is 7.11 Å². The predicted octanol–water partition coefficient (Wildman–Crippen LogP) is 7.00. The maximum atomic E-state index is 10.7. The summed E-state index contributed by atoms with van der Waals surface area (Å²) in [5.41, 5.74) is 0. The first kappa shape index (κ1) is 24.2. The van der Waals surface area contributed by atoms with E-state index >= 15 is 0 Å². The number of rotatable bonds is 15. The van der Waals surface area contributed by atoms with Crippen molar-refractivity contribution in [3.8, 4) is 0 Å². The molecule has 0 saturated carbocycles. The SMILES string of the molecule is C=CCCCCCCCC.C=CCCCCCCCC(=O)OC. The maximum Gasteiger partial charge on any atom is 0.305 e. The lowest BCUT2D eigenvalue weighted by Gasteiger charge is -1.99. The van der Waals surface area contributed by atoms with Crippen molar-refractivity contribution in [2.45, 2.75) is 96.8 Å². The number of esters is 1. The van der Waals surface area contributed by atoms with E-state index in [-0.39, 0.29) is 5.97 Å². The third-order valence-corrected chi connectivity index (χ3v) is 3.78. The average molecular weight is 325 g/mol. The van der Waals surface area contributed by atoms with E-state index in [1.165, 1.54) is 71.3 Å². The van der Waals surface area contributed by atoms with Crippen LogP contribution in [0.15, 0.2) is 25.3 Å². The topological polar surface area (TPSA) is 26.3 Å². The van der Waals surface area contributed by atoms with Crippen molar-refractivity contribution in [1.82, 2.24) is 0 Å². The molecule has 2 nitrogen and oxygen atoms in total. The minimum atomic E-state index is -0.0916. The lowest BCUT2D eigenvalue weighted by atomic mass is 10.1. The van der Waals surface area contributed by atoms with Gasteiger partial charge in [0.15, 0.2) is 0 Å². The number of allylic oxidation sites excluding steroid dienone is 2. The summed E-state index contributed by atoms with van der Waals surface area (Å²) in [6.45, 7) is 9.62. The van der Waals surface area contributed by atoms with Gasteiger partial charge in [0.25, 0.3) is 0 Å². The number of unbranched alkanes of at least 4 members (excludes halogenated alkanes) is 11. The predicted molar refractivity (Wildman–Crippen MR) is 103 cm³/mol. The van der Waals surface area contributed by atoms with Crippen LogP contribution >= 0.6 is 0 Å². The van der Waals surface area contributed by atoms with E-state index in [1.807, 2.05) is 12.2 Å². The lowest BCUT2D eigenvalue weighted by Crippen LogP contribution is -1.98. The summed E-state index contributed by atoms with van der Waals surface area (Å²) in [5.74, 6) is -0.0916. The average Bonchev–Trinajstić information content (AvgIpc) is 2.57. The molecule has 0 unspecified atom stereocenters. The molecule has 136 valence electrons. The molecule has 0 aromatic rings. The summed E-state index contributed by atoms with van der Waals surface area (Å²) in [4.78, 5) is 10.7. The molecular formula is C21H40O2. The molecule has 0 amide bonds. The maximum absolute atomic E-state index is 10.7. The molecule has 0 N–H and O–H groups in total. The van der Waals surface area contributed by atoms with Gasteiger partial charge in [0.2, 0.25) is 0 Å². The molecule has 0 aliphatic heterocycles. The second-order valence-corrected chi connectivity index (χ2v) is 6.02. The zero-order valence-corrected chi connectivity index (χ0v) is 15.8. The molecule has 0 bridgehead atoms. The molecule has 0 heterocycles. The Morgan fingerprint density at radius 3 is 1.65 bits per heavy atom. The highest BCUT2D eigenvalue weighted by molar-refractivity contribution is 5.68. The number of hydrogen-bond donors (Lipinski definition) is 0. The van der Waals surface area contributed by atoms with Crippen molar-refractivity contribution < 1.29 is 9.53 Å². The molecule has 23 heavy (non-hydrogen) atoms. The quantitative estimate of drug-likeness (QED) is 0.184. The van der Waals surface area contributed by atoms with Crippen molar-refractivity contribution in [2.75, 3.05) is 7.11 Å². The molecule has 0 aliphatic rings. The zero-order valence-electron chi connectivity index (χ0n) is 15.8. The first-order valence-electron chi connectivity index (χ1n) is 9.51. The fourth-order valence-corrected chi connectivity index (χ4v) is 2.26. The van der Waals surface area contributed by atoms with Crippen LogP contribution in [0.1, 0.15) is 96.8 Å². The third kappa shape index (κ3) is 26.2. The molecule has 0 aromatic carbocycles. The van der Waals surface area contributed by atoms with Crippen LogP contribution in [-0.4, -0.2) is 13.1 Å². The van der Waals surface area contributed by atoms with Crippen molar-refractivity contribution in [1.29, 1.82) is 0 Å². The summed E-state index contributed by atoms with van der Waals surface area (Å²) >= 11 is 0. The van der Waals surface area contributed by atoms with E-state index < -0.39 is 0 Å². The van der Waals surface area contributed by atoms with Gasteiger partial charge in [-0.05, 0) is 32.1 Å². The number of carbonyl (C=O) groups is 1. The van der Waals surface area contributed by atoms with E-state index in [9.17, 15) is 4.79 Å². The van der Waals surface area contributed by atoms with Crippen molar-refractivity contribution in [2.24, 2.45) is 0 Å². The highest BCUT2D eigenvalue weighted by Crippen LogP contribution is 2.07. The zero-order chi connectivity index (χ0) is 17.6. The molecular weight excluding hydrogens is 284 g/mol.